The molecule has 0 bridgehead atoms. The summed E-state index contributed by atoms with van der Waals surface area (Å²) in [7, 11) is 3.39. The maximum absolute atomic E-state index is 5.45. The zero-order valence-electron chi connectivity index (χ0n) is 13.9. The molecule has 0 radical (unpaired) electrons. The first-order valence-corrected chi connectivity index (χ1v) is 8.38. The third-order valence-electron chi connectivity index (χ3n) is 3.43. The number of nitrogens with zero attached hydrogens (tertiary/aromatic N) is 2. The Bertz CT molecular complexity index is 329. The lowest BCUT2D eigenvalue weighted by Crippen LogP contribution is -2.57. The number of methoxy groups -OCH3 is 2. The Kier molecular flexibility index (Phi) is 8.92. The largest absolute Gasteiger partial charge is 0.383 e. The van der Waals surface area contributed by atoms with Crippen molar-refractivity contribution in [2.24, 2.45) is 0 Å². The fourth-order valence-corrected chi connectivity index (χ4v) is 3.07. The molecule has 1 heterocycles. The number of nitrogens with one attached hydrogen (secondary N) is 2. The molecule has 8 heteroatoms. The first kappa shape index (κ1) is 19.3. The maximum atomic E-state index is 5.45. The summed E-state index contributed by atoms with van der Waals surface area (Å²) in [6.45, 7) is 8.87. The molecule has 1 saturated heterocycles. The zero-order chi connectivity index (χ0) is 16.5. The minimum Gasteiger partial charge on any atom is -0.383 e. The van der Waals surface area contributed by atoms with Gasteiger partial charge in [-0.2, -0.15) is 0 Å². The Balaban J connectivity index is 2.33. The first-order chi connectivity index (χ1) is 10.5. The van der Waals surface area contributed by atoms with E-state index in [9.17, 15) is 0 Å². The Labute approximate surface area is 144 Å². The van der Waals surface area contributed by atoms with E-state index in [2.05, 4.69) is 34.3 Å². The molecule has 22 heavy (non-hydrogen) atoms. The normalized spacial score (nSPS) is 17.8. The van der Waals surface area contributed by atoms with Crippen molar-refractivity contribution in [1.82, 2.24) is 20.4 Å². The van der Waals surface area contributed by atoms with Crippen molar-refractivity contribution in [3.8, 4) is 0 Å². The zero-order valence-corrected chi connectivity index (χ0v) is 15.6. The van der Waals surface area contributed by atoms with Crippen LogP contribution in [0.25, 0.3) is 0 Å². The van der Waals surface area contributed by atoms with Gasteiger partial charge in [-0.25, -0.2) is 0 Å². The molecule has 1 aliphatic heterocycles. The first-order valence-electron chi connectivity index (χ1n) is 7.56. The number of thiocarbonyl (C=S) groups is 2. The summed E-state index contributed by atoms with van der Waals surface area (Å²) in [5.74, 6) is 0. The predicted octanol–water partition coefficient (Wildman–Crippen LogP) is 0.423. The average Bonchev–Trinajstić information content (AvgIpc) is 2.47. The van der Waals surface area contributed by atoms with Crippen molar-refractivity contribution in [1.29, 1.82) is 0 Å². The molecule has 1 fully saturated rings. The van der Waals surface area contributed by atoms with Crippen LogP contribution in [-0.2, 0) is 9.47 Å². The van der Waals surface area contributed by atoms with Gasteiger partial charge in [-0.1, -0.05) is 0 Å². The van der Waals surface area contributed by atoms with E-state index in [4.69, 9.17) is 33.9 Å². The molecule has 0 aromatic carbocycles. The summed E-state index contributed by atoms with van der Waals surface area (Å²) in [4.78, 5) is 4.36. The van der Waals surface area contributed by atoms with E-state index in [-0.39, 0.29) is 12.1 Å². The second-order valence-electron chi connectivity index (χ2n) is 5.59. The van der Waals surface area contributed by atoms with Gasteiger partial charge >= 0.3 is 0 Å². The van der Waals surface area contributed by atoms with Crippen molar-refractivity contribution in [2.45, 2.75) is 25.9 Å². The van der Waals surface area contributed by atoms with Gasteiger partial charge in [-0.05, 0) is 38.3 Å². The Morgan fingerprint density at radius 2 is 1.18 bits per heavy atom. The number of hydrogen-bond acceptors (Lipinski definition) is 4. The smallest absolute Gasteiger partial charge is 0.169 e. The topological polar surface area (TPSA) is 49.0 Å². The third-order valence-corrected chi connectivity index (χ3v) is 4.18. The third kappa shape index (κ3) is 6.60. The van der Waals surface area contributed by atoms with Gasteiger partial charge in [0.1, 0.15) is 0 Å². The summed E-state index contributed by atoms with van der Waals surface area (Å²) in [6.07, 6.45) is 0. The van der Waals surface area contributed by atoms with E-state index < -0.39 is 0 Å². The van der Waals surface area contributed by atoms with Gasteiger partial charge < -0.3 is 29.9 Å². The van der Waals surface area contributed by atoms with Crippen LogP contribution >= 0.6 is 24.4 Å². The van der Waals surface area contributed by atoms with Crippen molar-refractivity contribution < 1.29 is 9.47 Å². The molecule has 0 aromatic rings. The van der Waals surface area contributed by atoms with Gasteiger partial charge in [0.25, 0.3) is 0 Å². The van der Waals surface area contributed by atoms with Crippen molar-refractivity contribution in [3.05, 3.63) is 0 Å². The second-order valence-corrected chi connectivity index (χ2v) is 6.36. The predicted molar refractivity (Wildman–Crippen MR) is 97.3 cm³/mol. The molecule has 0 aliphatic carbocycles. The van der Waals surface area contributed by atoms with Gasteiger partial charge in [-0.15, -0.1) is 0 Å². The number of hydrogen-bond donors (Lipinski definition) is 2. The highest BCUT2D eigenvalue weighted by molar-refractivity contribution is 7.80. The maximum Gasteiger partial charge on any atom is 0.169 e. The van der Waals surface area contributed by atoms with Crippen molar-refractivity contribution >= 4 is 34.7 Å². The van der Waals surface area contributed by atoms with Crippen LogP contribution < -0.4 is 10.6 Å². The van der Waals surface area contributed by atoms with Gasteiger partial charge in [0.05, 0.1) is 13.2 Å². The molecule has 1 rings (SSSR count). The molecule has 6 nitrogen and oxygen atoms in total. The van der Waals surface area contributed by atoms with Crippen molar-refractivity contribution in [3.63, 3.8) is 0 Å². The standard InChI is InChI=1S/C14H28N4O2S2/c1-11(9-19-3)15-13(21)17-5-7-18(8-6-17)14(22)16-12(2)10-20-4/h11-12H,5-10H2,1-4H3,(H,15,21)(H,16,22)/t11-,12-/m1/s1. The highest BCUT2D eigenvalue weighted by atomic mass is 32.1. The van der Waals surface area contributed by atoms with Crippen LogP contribution in [0.15, 0.2) is 0 Å². The molecular weight excluding hydrogens is 320 g/mol. The van der Waals surface area contributed by atoms with E-state index in [1.165, 1.54) is 0 Å². The minimum absolute atomic E-state index is 0.216. The summed E-state index contributed by atoms with van der Waals surface area (Å²) < 4.78 is 10.2. The SMILES string of the molecule is COC[C@@H](C)NC(=S)N1CCN(C(=S)N[C@H](C)COC)CC1. The van der Waals surface area contributed by atoms with Gasteiger partial charge in [0, 0.05) is 52.5 Å². The lowest BCUT2D eigenvalue weighted by atomic mass is 10.3. The van der Waals surface area contributed by atoms with Crippen LogP contribution in [0.5, 0.6) is 0 Å². The molecule has 0 spiro atoms. The average molecular weight is 349 g/mol. The van der Waals surface area contributed by atoms with Gasteiger partial charge in [-0.3, -0.25) is 0 Å². The lowest BCUT2D eigenvalue weighted by Gasteiger charge is -2.38. The van der Waals surface area contributed by atoms with Gasteiger partial charge in [0.15, 0.2) is 10.2 Å². The van der Waals surface area contributed by atoms with Crippen LogP contribution in [0.2, 0.25) is 0 Å². The van der Waals surface area contributed by atoms with Crippen LogP contribution in [0, 0.1) is 0 Å². The fraction of sp³-hybridized carbons (Fsp3) is 0.857. The molecule has 0 aromatic heterocycles. The highest BCUT2D eigenvalue weighted by Crippen LogP contribution is 2.04. The lowest BCUT2D eigenvalue weighted by molar-refractivity contribution is 0.174. The second kappa shape index (κ2) is 10.1. The number of ether oxygens (including phenoxy) is 2. The molecule has 2 N–H and O–H groups in total. The summed E-state index contributed by atoms with van der Waals surface area (Å²) >= 11 is 10.9. The Hall–Kier alpha value is -0.700. The van der Waals surface area contributed by atoms with E-state index in [0.29, 0.717) is 13.2 Å². The monoisotopic (exact) mass is 348 g/mol. The van der Waals surface area contributed by atoms with Crippen LogP contribution in [0.4, 0.5) is 0 Å². The Morgan fingerprint density at radius 1 is 0.864 bits per heavy atom. The van der Waals surface area contributed by atoms with Crippen LogP contribution in [0.3, 0.4) is 0 Å². The van der Waals surface area contributed by atoms with Crippen LogP contribution in [0.1, 0.15) is 13.8 Å². The van der Waals surface area contributed by atoms with E-state index in [0.717, 1.165) is 36.4 Å². The highest BCUT2D eigenvalue weighted by Gasteiger charge is 2.21. The molecule has 128 valence electrons. The molecule has 0 amide bonds. The quantitative estimate of drug-likeness (QED) is 0.670. The Morgan fingerprint density at radius 3 is 1.45 bits per heavy atom. The van der Waals surface area contributed by atoms with E-state index in [1.54, 1.807) is 14.2 Å². The van der Waals surface area contributed by atoms with E-state index >= 15 is 0 Å². The molecule has 1 aliphatic rings. The fourth-order valence-electron chi connectivity index (χ4n) is 2.30. The summed E-state index contributed by atoms with van der Waals surface area (Å²) in [5, 5.41) is 8.16. The number of rotatable bonds is 6. The molecule has 2 atom stereocenters. The summed E-state index contributed by atoms with van der Waals surface area (Å²) in [6, 6.07) is 0.432. The summed E-state index contributed by atoms with van der Waals surface area (Å²) in [5.41, 5.74) is 0. The molecule has 0 unspecified atom stereocenters. The van der Waals surface area contributed by atoms with Crippen LogP contribution in [-0.4, -0.2) is 85.7 Å². The van der Waals surface area contributed by atoms with E-state index in [1.807, 2.05) is 0 Å². The van der Waals surface area contributed by atoms with Crippen molar-refractivity contribution in [2.75, 3.05) is 53.6 Å². The number of piperazine rings is 1. The molecular formula is C14H28N4O2S2. The minimum atomic E-state index is 0.216. The van der Waals surface area contributed by atoms with Gasteiger partial charge in [0.2, 0.25) is 0 Å². The molecule has 0 saturated carbocycles.